The molecule has 0 saturated carbocycles. The topological polar surface area (TPSA) is 25.6 Å². The smallest absolute Gasteiger partial charge is 0.159 e. The van der Waals surface area contributed by atoms with Crippen LogP contribution < -0.4 is 9.64 Å². The highest BCUT2D eigenvalue weighted by Crippen LogP contribution is 2.63. The van der Waals surface area contributed by atoms with Crippen molar-refractivity contribution in [1.29, 1.82) is 0 Å². The van der Waals surface area contributed by atoms with E-state index in [1.54, 1.807) is 0 Å². The zero-order valence-electron chi connectivity index (χ0n) is 37.9. The fourth-order valence-corrected chi connectivity index (χ4v) is 12.2. The van der Waals surface area contributed by atoms with Gasteiger partial charge < -0.3 is 14.1 Å². The number of ether oxygens (including phenoxy) is 1. The van der Waals surface area contributed by atoms with E-state index < -0.39 is 5.41 Å². The van der Waals surface area contributed by atoms with Crippen molar-refractivity contribution in [3.05, 3.63) is 271 Å². The van der Waals surface area contributed by atoms with Gasteiger partial charge in [-0.25, -0.2) is 0 Å². The van der Waals surface area contributed by atoms with E-state index in [0.29, 0.717) is 0 Å². The molecule has 326 valence electrons. The van der Waals surface area contributed by atoms with E-state index >= 15 is 0 Å². The molecular formula is C67H41NO2. The molecule has 3 heteroatoms. The van der Waals surface area contributed by atoms with Gasteiger partial charge in [0.1, 0.15) is 16.9 Å². The molecule has 0 saturated heterocycles. The molecule has 2 aliphatic carbocycles. The molecule has 0 bridgehead atoms. The maximum absolute atomic E-state index is 7.32. The van der Waals surface area contributed by atoms with Crippen LogP contribution in [0, 0.1) is 0 Å². The summed E-state index contributed by atoms with van der Waals surface area (Å²) in [6.45, 7) is 0. The van der Waals surface area contributed by atoms with E-state index in [2.05, 4.69) is 254 Å². The highest BCUT2D eigenvalue weighted by atomic mass is 16.5. The number of rotatable bonds is 4. The Kier molecular flexibility index (Phi) is 8.28. The molecule has 1 unspecified atom stereocenters. The number of anilines is 3. The van der Waals surface area contributed by atoms with Crippen LogP contribution in [-0.2, 0) is 5.41 Å². The van der Waals surface area contributed by atoms with E-state index in [1.165, 1.54) is 55.6 Å². The summed E-state index contributed by atoms with van der Waals surface area (Å²) < 4.78 is 14.0. The van der Waals surface area contributed by atoms with Gasteiger partial charge >= 0.3 is 0 Å². The SMILES string of the molecule is c1ccc(-c2ccccc2N(c2ccc3c(c2)C2(c4ccccc4-c4ccccc4-3)c3ccccc3-c3cc4oc5ccccc5c4cc32)c2cccc3c2Oc2ccccc2-c2ccccc2-3)cc1. The van der Waals surface area contributed by atoms with Crippen LogP contribution in [0.4, 0.5) is 17.1 Å². The zero-order chi connectivity index (χ0) is 45.9. The number of hydrogen-bond donors (Lipinski definition) is 0. The quantitative estimate of drug-likeness (QED) is 0.176. The van der Waals surface area contributed by atoms with Crippen molar-refractivity contribution < 1.29 is 9.15 Å². The first-order chi connectivity index (χ1) is 34.7. The monoisotopic (exact) mass is 891 g/mol. The van der Waals surface area contributed by atoms with Crippen LogP contribution >= 0.6 is 0 Å². The molecule has 15 rings (SSSR count). The third-order valence-electron chi connectivity index (χ3n) is 15.1. The minimum atomic E-state index is -0.744. The standard InChI is InChI=1S/C67H41NO2/c1-2-19-42(20-3-1)44-21-10-15-33-61(44)68(62-34-18-30-54-48-25-7-6-24-47(48)52-28-11-17-36-64(52)70-66(54)62)43-37-38-51-46-23-5-4-22-45(46)49-26-8-13-31-57(49)67(59(51)39-43)58-32-14-9-27-50(58)55-41-65-56(40-60(55)67)53-29-12-16-35-63(53)69-65/h1-41H. The lowest BCUT2D eigenvalue weighted by molar-refractivity contribution is 0.489. The molecule has 11 aromatic carbocycles. The Balaban J connectivity index is 1.08. The van der Waals surface area contributed by atoms with Gasteiger partial charge in [-0.05, 0) is 121 Å². The summed E-state index contributed by atoms with van der Waals surface area (Å²) >= 11 is 0. The Morgan fingerprint density at radius 1 is 0.300 bits per heavy atom. The minimum absolute atomic E-state index is 0.744. The molecule has 1 aliphatic heterocycles. The van der Waals surface area contributed by atoms with Gasteiger partial charge in [0.15, 0.2) is 5.75 Å². The molecule has 1 atom stereocenters. The first kappa shape index (κ1) is 38.9. The molecule has 12 aromatic rings. The van der Waals surface area contributed by atoms with Gasteiger partial charge in [0.25, 0.3) is 0 Å². The predicted molar refractivity (Wildman–Crippen MR) is 287 cm³/mol. The summed E-state index contributed by atoms with van der Waals surface area (Å²) in [6, 6.07) is 90.8. The number of para-hydroxylation sites is 4. The van der Waals surface area contributed by atoms with Crippen LogP contribution in [-0.4, -0.2) is 0 Å². The maximum Gasteiger partial charge on any atom is 0.159 e. The number of hydrogen-bond acceptors (Lipinski definition) is 3. The van der Waals surface area contributed by atoms with Crippen LogP contribution in [0.25, 0.3) is 88.7 Å². The van der Waals surface area contributed by atoms with Crippen molar-refractivity contribution in [3.63, 3.8) is 0 Å². The molecule has 70 heavy (non-hydrogen) atoms. The minimum Gasteiger partial charge on any atom is -0.456 e. The van der Waals surface area contributed by atoms with Crippen LogP contribution in [0.5, 0.6) is 11.5 Å². The van der Waals surface area contributed by atoms with Gasteiger partial charge in [-0.3, -0.25) is 0 Å². The van der Waals surface area contributed by atoms with Gasteiger partial charge in [-0.1, -0.05) is 200 Å². The summed E-state index contributed by atoms with van der Waals surface area (Å²) in [5, 5.41) is 2.23. The number of fused-ring (bicyclic) bond motifs is 20. The Morgan fingerprint density at radius 2 is 0.829 bits per heavy atom. The Hall–Kier alpha value is -9.18. The average molecular weight is 892 g/mol. The largest absolute Gasteiger partial charge is 0.456 e. The van der Waals surface area contributed by atoms with Crippen LogP contribution in [0.2, 0.25) is 0 Å². The molecule has 3 nitrogen and oxygen atoms in total. The normalized spacial score (nSPS) is 14.5. The molecule has 0 amide bonds. The highest BCUT2D eigenvalue weighted by Gasteiger charge is 2.50. The molecule has 1 spiro atoms. The van der Waals surface area contributed by atoms with Crippen LogP contribution in [0.1, 0.15) is 22.3 Å². The third kappa shape index (κ3) is 5.40. The molecular weight excluding hydrogens is 851 g/mol. The van der Waals surface area contributed by atoms with Gasteiger partial charge in [0.05, 0.1) is 16.8 Å². The van der Waals surface area contributed by atoms with Crippen LogP contribution in [0.15, 0.2) is 253 Å². The van der Waals surface area contributed by atoms with Crippen molar-refractivity contribution in [3.8, 4) is 78.3 Å². The zero-order valence-corrected chi connectivity index (χ0v) is 37.9. The van der Waals surface area contributed by atoms with Crippen LogP contribution in [0.3, 0.4) is 0 Å². The molecule has 0 radical (unpaired) electrons. The van der Waals surface area contributed by atoms with Crippen molar-refractivity contribution in [2.45, 2.75) is 5.41 Å². The molecule has 0 N–H and O–H groups in total. The Labute approximate surface area is 405 Å². The Bertz CT molecular complexity index is 4130. The molecule has 2 heterocycles. The summed E-state index contributed by atoms with van der Waals surface area (Å²) in [6.07, 6.45) is 0. The first-order valence-electron chi connectivity index (χ1n) is 24.1. The second-order valence-electron chi connectivity index (χ2n) is 18.6. The van der Waals surface area contributed by atoms with E-state index in [0.717, 1.165) is 83.9 Å². The summed E-state index contributed by atoms with van der Waals surface area (Å²) in [4.78, 5) is 2.45. The Morgan fingerprint density at radius 3 is 1.59 bits per heavy atom. The van der Waals surface area contributed by atoms with Gasteiger partial charge in [0.2, 0.25) is 0 Å². The molecule has 3 aliphatic rings. The maximum atomic E-state index is 7.32. The van der Waals surface area contributed by atoms with Gasteiger partial charge in [-0.15, -0.1) is 0 Å². The van der Waals surface area contributed by atoms with Crippen molar-refractivity contribution in [2.75, 3.05) is 4.90 Å². The predicted octanol–water partition coefficient (Wildman–Crippen LogP) is 18.2. The average Bonchev–Trinajstić information content (AvgIpc) is 3.85. The van der Waals surface area contributed by atoms with E-state index in [1.807, 2.05) is 0 Å². The van der Waals surface area contributed by atoms with Crippen molar-refractivity contribution in [1.82, 2.24) is 0 Å². The van der Waals surface area contributed by atoms with E-state index in [-0.39, 0.29) is 0 Å². The fourth-order valence-electron chi connectivity index (χ4n) is 12.2. The number of benzene rings is 11. The highest BCUT2D eigenvalue weighted by molar-refractivity contribution is 6.09. The van der Waals surface area contributed by atoms with Crippen molar-refractivity contribution in [2.24, 2.45) is 0 Å². The lowest BCUT2D eigenvalue weighted by atomic mass is 9.65. The summed E-state index contributed by atoms with van der Waals surface area (Å²) in [5.41, 5.74) is 22.8. The molecule has 1 aromatic heterocycles. The fraction of sp³-hybridized carbons (Fsp3) is 0.0149. The molecule has 0 fully saturated rings. The number of furan rings is 1. The lowest BCUT2D eigenvalue weighted by Gasteiger charge is -2.37. The summed E-state index contributed by atoms with van der Waals surface area (Å²) in [7, 11) is 0. The van der Waals surface area contributed by atoms with Crippen molar-refractivity contribution >= 4 is 39.0 Å². The summed E-state index contributed by atoms with van der Waals surface area (Å²) in [5.74, 6) is 1.62. The first-order valence-corrected chi connectivity index (χ1v) is 24.1. The van der Waals surface area contributed by atoms with Gasteiger partial charge in [0, 0.05) is 33.2 Å². The number of nitrogens with zero attached hydrogens (tertiary/aromatic N) is 1. The second-order valence-corrected chi connectivity index (χ2v) is 18.6. The van der Waals surface area contributed by atoms with Gasteiger partial charge in [-0.2, -0.15) is 0 Å². The van der Waals surface area contributed by atoms with E-state index in [4.69, 9.17) is 9.15 Å². The van der Waals surface area contributed by atoms with E-state index in [9.17, 15) is 0 Å². The third-order valence-corrected chi connectivity index (χ3v) is 15.1. The second kappa shape index (κ2) is 14.9. The lowest BCUT2D eigenvalue weighted by Crippen LogP contribution is -2.29.